The standard InChI is InChI=1S/C21H16N6O3/c1-3-30-20(29)18-25-27(15-8-6-13(2)7-9-15)21-24-17(14-5-4-10-23-12-14)16(11-22)19(28)26(18)21/h4-10,12H,3H2,1-2H3. The Kier molecular flexibility index (Phi) is 4.82. The summed E-state index contributed by atoms with van der Waals surface area (Å²) >= 11 is 0. The monoisotopic (exact) mass is 400 g/mol. The van der Waals surface area contributed by atoms with E-state index in [4.69, 9.17) is 4.74 Å². The summed E-state index contributed by atoms with van der Waals surface area (Å²) in [6.07, 6.45) is 3.09. The number of hydrogen-bond donors (Lipinski definition) is 0. The van der Waals surface area contributed by atoms with Crippen LogP contribution in [0.5, 0.6) is 0 Å². The molecule has 0 unspecified atom stereocenters. The highest BCUT2D eigenvalue weighted by molar-refractivity contribution is 5.86. The molecular weight excluding hydrogens is 384 g/mol. The zero-order valence-electron chi connectivity index (χ0n) is 16.2. The van der Waals surface area contributed by atoms with Gasteiger partial charge in [-0.3, -0.25) is 9.78 Å². The van der Waals surface area contributed by atoms with Crippen LogP contribution < -0.4 is 5.56 Å². The van der Waals surface area contributed by atoms with Gasteiger partial charge in [-0.1, -0.05) is 17.7 Å². The van der Waals surface area contributed by atoms with Gasteiger partial charge in [0.05, 0.1) is 18.0 Å². The van der Waals surface area contributed by atoms with Gasteiger partial charge in [-0.15, -0.1) is 5.10 Å². The van der Waals surface area contributed by atoms with Crippen molar-refractivity contribution in [2.24, 2.45) is 0 Å². The number of aromatic nitrogens is 5. The minimum atomic E-state index is -0.782. The largest absolute Gasteiger partial charge is 0.460 e. The molecule has 0 fully saturated rings. The van der Waals surface area contributed by atoms with Crippen LogP contribution in [0.3, 0.4) is 0 Å². The molecule has 0 radical (unpaired) electrons. The highest BCUT2D eigenvalue weighted by Crippen LogP contribution is 2.21. The van der Waals surface area contributed by atoms with Gasteiger partial charge in [-0.25, -0.2) is 14.2 Å². The molecule has 0 aliphatic heterocycles. The van der Waals surface area contributed by atoms with Gasteiger partial charge in [0.2, 0.25) is 11.6 Å². The number of fused-ring (bicyclic) bond motifs is 1. The van der Waals surface area contributed by atoms with Crippen molar-refractivity contribution in [1.82, 2.24) is 24.1 Å². The van der Waals surface area contributed by atoms with E-state index in [2.05, 4.69) is 15.1 Å². The molecule has 30 heavy (non-hydrogen) atoms. The van der Waals surface area contributed by atoms with Crippen molar-refractivity contribution >= 4 is 11.7 Å². The molecule has 148 valence electrons. The number of nitriles is 1. The molecule has 0 N–H and O–H groups in total. The summed E-state index contributed by atoms with van der Waals surface area (Å²) in [6, 6.07) is 12.6. The Labute approximate surface area is 170 Å². The van der Waals surface area contributed by atoms with Crippen molar-refractivity contribution in [1.29, 1.82) is 5.26 Å². The number of aryl methyl sites for hydroxylation is 1. The van der Waals surface area contributed by atoms with Gasteiger partial charge in [0, 0.05) is 18.0 Å². The average molecular weight is 400 g/mol. The van der Waals surface area contributed by atoms with Crippen LogP contribution in [0.2, 0.25) is 0 Å². The van der Waals surface area contributed by atoms with E-state index in [9.17, 15) is 14.9 Å². The number of hydrogen-bond acceptors (Lipinski definition) is 7. The Morgan fingerprint density at radius 1 is 1.23 bits per heavy atom. The lowest BCUT2D eigenvalue weighted by molar-refractivity contribution is 0.0509. The smallest absolute Gasteiger partial charge is 0.376 e. The maximum absolute atomic E-state index is 13.2. The Morgan fingerprint density at radius 3 is 2.63 bits per heavy atom. The molecule has 0 aliphatic rings. The van der Waals surface area contributed by atoms with Gasteiger partial charge in [0.1, 0.15) is 11.6 Å². The fourth-order valence-corrected chi connectivity index (χ4v) is 3.03. The van der Waals surface area contributed by atoms with E-state index in [1.54, 1.807) is 37.4 Å². The Hall–Kier alpha value is -4.32. The highest BCUT2D eigenvalue weighted by atomic mass is 16.5. The number of pyridine rings is 1. The maximum atomic E-state index is 13.2. The molecule has 1 aromatic carbocycles. The van der Waals surface area contributed by atoms with Crippen molar-refractivity contribution in [2.45, 2.75) is 13.8 Å². The molecule has 3 heterocycles. The number of benzene rings is 1. The number of nitrogens with zero attached hydrogens (tertiary/aromatic N) is 6. The van der Waals surface area contributed by atoms with E-state index in [0.717, 1.165) is 9.96 Å². The van der Waals surface area contributed by atoms with E-state index in [1.165, 1.54) is 10.9 Å². The first-order chi connectivity index (χ1) is 14.5. The van der Waals surface area contributed by atoms with Crippen LogP contribution in [0.15, 0.2) is 53.6 Å². The molecule has 0 saturated carbocycles. The Bertz CT molecular complexity index is 1350. The lowest BCUT2D eigenvalue weighted by Crippen LogP contribution is -2.23. The topological polar surface area (TPSA) is 115 Å². The second-order valence-corrected chi connectivity index (χ2v) is 6.42. The van der Waals surface area contributed by atoms with Gasteiger partial charge in [-0.05, 0) is 38.1 Å². The van der Waals surface area contributed by atoms with Crippen LogP contribution in [0, 0.1) is 18.3 Å². The number of esters is 1. The van der Waals surface area contributed by atoms with Crippen LogP contribution in [-0.4, -0.2) is 36.7 Å². The lowest BCUT2D eigenvalue weighted by atomic mass is 10.1. The third-order valence-electron chi connectivity index (χ3n) is 4.44. The van der Waals surface area contributed by atoms with Gasteiger partial charge < -0.3 is 4.74 Å². The summed E-state index contributed by atoms with van der Waals surface area (Å²) < 4.78 is 7.45. The molecule has 0 spiro atoms. The number of ether oxygens (including phenoxy) is 1. The zero-order valence-corrected chi connectivity index (χ0v) is 16.2. The third-order valence-corrected chi connectivity index (χ3v) is 4.44. The molecule has 3 aromatic heterocycles. The zero-order chi connectivity index (χ0) is 21.3. The van der Waals surface area contributed by atoms with Crippen molar-refractivity contribution in [3.8, 4) is 23.0 Å². The number of carbonyl (C=O) groups excluding carboxylic acids is 1. The average Bonchev–Trinajstić information content (AvgIpc) is 3.15. The van der Waals surface area contributed by atoms with Crippen molar-refractivity contribution in [3.63, 3.8) is 0 Å². The van der Waals surface area contributed by atoms with Crippen molar-refractivity contribution in [3.05, 3.63) is 76.1 Å². The third kappa shape index (κ3) is 3.10. The van der Waals surface area contributed by atoms with Gasteiger partial charge in [-0.2, -0.15) is 9.94 Å². The predicted octanol–water partition coefficient (Wildman–Crippen LogP) is 2.30. The van der Waals surface area contributed by atoms with Crippen molar-refractivity contribution < 1.29 is 9.53 Å². The van der Waals surface area contributed by atoms with Gasteiger partial charge in [0.15, 0.2) is 0 Å². The number of carbonyl (C=O) groups is 1. The fourth-order valence-electron chi connectivity index (χ4n) is 3.03. The Morgan fingerprint density at radius 2 is 2.00 bits per heavy atom. The molecule has 0 saturated heterocycles. The summed E-state index contributed by atoms with van der Waals surface area (Å²) in [6.45, 7) is 3.70. The first kappa shape index (κ1) is 19.0. The van der Waals surface area contributed by atoms with Crippen LogP contribution in [-0.2, 0) is 4.74 Å². The molecule has 0 atom stereocenters. The molecule has 0 aliphatic carbocycles. The summed E-state index contributed by atoms with van der Waals surface area (Å²) in [5, 5.41) is 13.9. The van der Waals surface area contributed by atoms with Crippen LogP contribution in [0.1, 0.15) is 28.7 Å². The van der Waals surface area contributed by atoms with Crippen LogP contribution in [0.25, 0.3) is 22.7 Å². The predicted molar refractivity (Wildman–Crippen MR) is 107 cm³/mol. The van der Waals surface area contributed by atoms with Crippen LogP contribution >= 0.6 is 0 Å². The molecule has 0 bridgehead atoms. The molecule has 4 aromatic rings. The van der Waals surface area contributed by atoms with E-state index in [1.807, 2.05) is 25.1 Å². The fraction of sp³-hybridized carbons (Fsp3) is 0.143. The van der Waals surface area contributed by atoms with Gasteiger partial charge >= 0.3 is 5.97 Å². The summed E-state index contributed by atoms with van der Waals surface area (Å²) in [5.74, 6) is -0.945. The second-order valence-electron chi connectivity index (χ2n) is 6.42. The SMILES string of the molecule is CCOC(=O)c1nn(-c2ccc(C)cc2)c2nc(-c3cccnc3)c(C#N)c(=O)n12. The first-order valence-corrected chi connectivity index (χ1v) is 9.15. The molecule has 4 rings (SSSR count). The Balaban J connectivity index is 2.11. The minimum absolute atomic E-state index is 0.0877. The quantitative estimate of drug-likeness (QED) is 0.483. The second kappa shape index (κ2) is 7.60. The summed E-state index contributed by atoms with van der Waals surface area (Å²) in [5.41, 5.74) is 1.38. The molecule has 0 amide bonds. The van der Waals surface area contributed by atoms with E-state index in [0.29, 0.717) is 11.3 Å². The summed E-state index contributed by atoms with van der Waals surface area (Å²) in [4.78, 5) is 34.3. The van der Waals surface area contributed by atoms with E-state index < -0.39 is 11.5 Å². The van der Waals surface area contributed by atoms with E-state index >= 15 is 0 Å². The minimum Gasteiger partial charge on any atom is -0.460 e. The highest BCUT2D eigenvalue weighted by Gasteiger charge is 2.25. The van der Waals surface area contributed by atoms with Crippen LogP contribution in [0.4, 0.5) is 0 Å². The molecule has 9 nitrogen and oxygen atoms in total. The lowest BCUT2D eigenvalue weighted by Gasteiger charge is -2.06. The first-order valence-electron chi connectivity index (χ1n) is 9.15. The number of rotatable bonds is 4. The summed E-state index contributed by atoms with van der Waals surface area (Å²) in [7, 11) is 0. The molecule has 9 heteroatoms. The normalized spacial score (nSPS) is 10.7. The molecular formula is C21H16N6O3. The van der Waals surface area contributed by atoms with Crippen molar-refractivity contribution in [2.75, 3.05) is 6.61 Å². The van der Waals surface area contributed by atoms with E-state index in [-0.39, 0.29) is 29.5 Å². The maximum Gasteiger partial charge on any atom is 0.376 e. The van der Waals surface area contributed by atoms with Gasteiger partial charge in [0.25, 0.3) is 5.56 Å².